The molecule has 3 heterocycles. The highest BCUT2D eigenvalue weighted by Crippen LogP contribution is 2.28. The van der Waals surface area contributed by atoms with Gasteiger partial charge in [0.25, 0.3) is 0 Å². The lowest BCUT2D eigenvalue weighted by Crippen LogP contribution is -2.41. The standard InChI is InChI=1S/C19H20N4O3S2/c1-13-12-27-19(21-13)22-18(24)15-7-10-23(11-8-15)28(25,26)16-6-2-4-14-5-3-9-20-17(14)16/h2-6,9,12,15H,7-8,10-11H2,1H3,(H,21,22,24). The third kappa shape index (κ3) is 3.65. The lowest BCUT2D eigenvalue weighted by Gasteiger charge is -2.30. The lowest BCUT2D eigenvalue weighted by atomic mass is 9.97. The van der Waals surface area contributed by atoms with Gasteiger partial charge in [0.15, 0.2) is 5.13 Å². The van der Waals surface area contributed by atoms with Crippen molar-refractivity contribution in [3.63, 3.8) is 0 Å². The second kappa shape index (κ2) is 7.57. The summed E-state index contributed by atoms with van der Waals surface area (Å²) in [6.07, 6.45) is 2.56. The van der Waals surface area contributed by atoms with Crippen LogP contribution in [0.1, 0.15) is 18.5 Å². The molecule has 4 rings (SSSR count). The molecule has 9 heteroatoms. The number of carbonyl (C=O) groups is 1. The molecule has 7 nitrogen and oxygen atoms in total. The smallest absolute Gasteiger partial charge is 0.245 e. The van der Waals surface area contributed by atoms with Crippen molar-refractivity contribution in [2.75, 3.05) is 18.4 Å². The molecule has 1 aliphatic heterocycles. The molecule has 146 valence electrons. The van der Waals surface area contributed by atoms with E-state index in [2.05, 4.69) is 15.3 Å². The molecule has 0 atom stereocenters. The molecule has 0 spiro atoms. The van der Waals surface area contributed by atoms with Gasteiger partial charge in [0, 0.05) is 36.0 Å². The third-order valence-electron chi connectivity index (χ3n) is 4.89. The monoisotopic (exact) mass is 416 g/mol. The molecule has 1 fully saturated rings. The molecule has 1 N–H and O–H groups in total. The van der Waals surface area contributed by atoms with Crippen LogP contribution >= 0.6 is 11.3 Å². The molecule has 28 heavy (non-hydrogen) atoms. The van der Waals surface area contributed by atoms with E-state index in [4.69, 9.17) is 0 Å². The molecule has 0 saturated carbocycles. The van der Waals surface area contributed by atoms with Gasteiger partial charge in [0.05, 0.1) is 11.2 Å². The van der Waals surface area contributed by atoms with E-state index in [-0.39, 0.29) is 16.7 Å². The molecule has 0 aliphatic carbocycles. The Morgan fingerprint density at radius 2 is 1.96 bits per heavy atom. The molecule has 0 radical (unpaired) electrons. The van der Waals surface area contributed by atoms with E-state index < -0.39 is 10.0 Å². The first-order chi connectivity index (χ1) is 13.4. The summed E-state index contributed by atoms with van der Waals surface area (Å²) in [5.74, 6) is -0.320. The molecule has 1 aromatic carbocycles. The van der Waals surface area contributed by atoms with Crippen LogP contribution in [0.3, 0.4) is 0 Å². The molecular formula is C19H20N4O3S2. The number of pyridine rings is 1. The fourth-order valence-electron chi connectivity index (χ4n) is 3.40. The highest BCUT2D eigenvalue weighted by atomic mass is 32.2. The number of thiazole rings is 1. The zero-order chi connectivity index (χ0) is 19.7. The van der Waals surface area contributed by atoms with Gasteiger partial charge in [-0.25, -0.2) is 13.4 Å². The van der Waals surface area contributed by atoms with Crippen LogP contribution in [0.5, 0.6) is 0 Å². The summed E-state index contributed by atoms with van der Waals surface area (Å²) < 4.78 is 27.7. The highest BCUT2D eigenvalue weighted by molar-refractivity contribution is 7.89. The number of para-hydroxylation sites is 1. The number of carbonyl (C=O) groups excluding carboxylic acids is 1. The first-order valence-corrected chi connectivity index (χ1v) is 11.3. The summed E-state index contributed by atoms with van der Waals surface area (Å²) in [5.41, 5.74) is 1.34. The summed E-state index contributed by atoms with van der Waals surface area (Å²) in [6.45, 7) is 2.48. The Morgan fingerprint density at radius 3 is 2.68 bits per heavy atom. The summed E-state index contributed by atoms with van der Waals surface area (Å²) in [4.78, 5) is 21.2. The van der Waals surface area contributed by atoms with E-state index in [1.54, 1.807) is 24.4 Å². The molecule has 1 saturated heterocycles. The summed E-state index contributed by atoms with van der Waals surface area (Å²) >= 11 is 1.39. The van der Waals surface area contributed by atoms with Crippen molar-refractivity contribution in [3.05, 3.63) is 47.6 Å². The fraction of sp³-hybridized carbons (Fsp3) is 0.316. The number of fused-ring (bicyclic) bond motifs is 1. The van der Waals surface area contributed by atoms with Crippen molar-refractivity contribution in [1.82, 2.24) is 14.3 Å². The number of nitrogens with one attached hydrogen (secondary N) is 1. The molecular weight excluding hydrogens is 396 g/mol. The van der Waals surface area contributed by atoms with Crippen LogP contribution in [0, 0.1) is 12.8 Å². The summed E-state index contributed by atoms with van der Waals surface area (Å²) in [7, 11) is -3.66. The molecule has 1 amide bonds. The second-order valence-electron chi connectivity index (χ2n) is 6.79. The van der Waals surface area contributed by atoms with E-state index in [0.717, 1.165) is 11.1 Å². The number of amides is 1. The van der Waals surface area contributed by atoms with Gasteiger partial charge < -0.3 is 5.32 Å². The van der Waals surface area contributed by atoms with E-state index in [0.29, 0.717) is 36.6 Å². The molecule has 0 bridgehead atoms. The van der Waals surface area contributed by atoms with Crippen LogP contribution in [0.2, 0.25) is 0 Å². The fourth-order valence-corrected chi connectivity index (χ4v) is 5.73. The molecule has 2 aromatic heterocycles. The predicted molar refractivity (Wildman–Crippen MR) is 109 cm³/mol. The van der Waals surface area contributed by atoms with Crippen LogP contribution in [-0.2, 0) is 14.8 Å². The van der Waals surface area contributed by atoms with Gasteiger partial charge in [0.1, 0.15) is 4.90 Å². The Balaban J connectivity index is 1.47. The van der Waals surface area contributed by atoms with Crippen LogP contribution in [0.4, 0.5) is 5.13 Å². The van der Waals surface area contributed by atoms with Crippen molar-refractivity contribution < 1.29 is 13.2 Å². The van der Waals surface area contributed by atoms with Gasteiger partial charge in [-0.05, 0) is 31.9 Å². The second-order valence-corrected chi connectivity index (χ2v) is 9.56. The van der Waals surface area contributed by atoms with Crippen molar-refractivity contribution in [2.24, 2.45) is 5.92 Å². The predicted octanol–water partition coefficient (Wildman–Crippen LogP) is 3.04. The SMILES string of the molecule is Cc1csc(NC(=O)C2CCN(S(=O)(=O)c3cccc4cccnc34)CC2)n1. The summed E-state index contributed by atoms with van der Waals surface area (Å²) in [6, 6.07) is 8.80. The number of piperidine rings is 1. The topological polar surface area (TPSA) is 92.3 Å². The zero-order valence-electron chi connectivity index (χ0n) is 15.3. The van der Waals surface area contributed by atoms with Crippen molar-refractivity contribution >= 4 is 43.3 Å². The molecule has 0 unspecified atom stereocenters. The van der Waals surface area contributed by atoms with Crippen molar-refractivity contribution in [2.45, 2.75) is 24.7 Å². The van der Waals surface area contributed by atoms with Crippen LogP contribution < -0.4 is 5.32 Å². The number of sulfonamides is 1. The number of aryl methyl sites for hydroxylation is 1. The average molecular weight is 417 g/mol. The van der Waals surface area contributed by atoms with E-state index >= 15 is 0 Å². The Morgan fingerprint density at radius 1 is 1.21 bits per heavy atom. The Kier molecular flexibility index (Phi) is 5.13. The first-order valence-electron chi connectivity index (χ1n) is 9.02. The van der Waals surface area contributed by atoms with E-state index in [9.17, 15) is 13.2 Å². The quantitative estimate of drug-likeness (QED) is 0.706. The van der Waals surface area contributed by atoms with Gasteiger partial charge in [-0.1, -0.05) is 18.2 Å². The number of benzene rings is 1. The van der Waals surface area contributed by atoms with Crippen LogP contribution in [-0.4, -0.2) is 41.7 Å². The van der Waals surface area contributed by atoms with Crippen molar-refractivity contribution in [3.8, 4) is 0 Å². The Hall–Kier alpha value is -2.36. The Labute approximate surface area is 167 Å². The number of aromatic nitrogens is 2. The van der Waals surface area contributed by atoms with Crippen LogP contribution in [0.25, 0.3) is 10.9 Å². The van der Waals surface area contributed by atoms with Gasteiger partial charge in [-0.15, -0.1) is 11.3 Å². The minimum Gasteiger partial charge on any atom is -0.302 e. The molecule has 3 aromatic rings. The first kappa shape index (κ1) is 19.0. The summed E-state index contributed by atoms with van der Waals surface area (Å²) in [5, 5.41) is 6.08. The van der Waals surface area contributed by atoms with Crippen LogP contribution in [0.15, 0.2) is 46.8 Å². The largest absolute Gasteiger partial charge is 0.302 e. The Bertz CT molecular complexity index is 1110. The number of anilines is 1. The third-order valence-corrected chi connectivity index (χ3v) is 7.69. The van der Waals surface area contributed by atoms with E-state index in [1.807, 2.05) is 24.4 Å². The maximum absolute atomic E-state index is 13.1. The average Bonchev–Trinajstić information content (AvgIpc) is 3.12. The maximum Gasteiger partial charge on any atom is 0.245 e. The zero-order valence-corrected chi connectivity index (χ0v) is 17.0. The minimum atomic E-state index is -3.66. The van der Waals surface area contributed by atoms with Crippen molar-refractivity contribution in [1.29, 1.82) is 0 Å². The minimum absolute atomic E-state index is 0.0989. The number of hydrogen-bond donors (Lipinski definition) is 1. The van der Waals surface area contributed by atoms with Gasteiger partial charge in [-0.2, -0.15) is 4.31 Å². The number of rotatable bonds is 4. The maximum atomic E-state index is 13.1. The lowest BCUT2D eigenvalue weighted by molar-refractivity contribution is -0.120. The van der Waals surface area contributed by atoms with Gasteiger partial charge in [0.2, 0.25) is 15.9 Å². The van der Waals surface area contributed by atoms with E-state index in [1.165, 1.54) is 15.6 Å². The molecule has 1 aliphatic rings. The van der Waals surface area contributed by atoms with Gasteiger partial charge in [-0.3, -0.25) is 9.78 Å². The number of nitrogens with zero attached hydrogens (tertiary/aromatic N) is 3. The highest BCUT2D eigenvalue weighted by Gasteiger charge is 2.33. The normalized spacial score (nSPS) is 16.3. The van der Waals surface area contributed by atoms with Gasteiger partial charge >= 0.3 is 0 Å². The number of hydrogen-bond acceptors (Lipinski definition) is 6.